The molecule has 0 aromatic carbocycles. The van der Waals surface area contributed by atoms with E-state index >= 15 is 0 Å². The van der Waals surface area contributed by atoms with Gasteiger partial charge in [-0.15, -0.1) is 0 Å². The van der Waals surface area contributed by atoms with E-state index < -0.39 is 19.4 Å². The maximum Gasteiger partial charge on any atom is 0.453 e. The lowest BCUT2D eigenvalue weighted by molar-refractivity contribution is -0.276. The Hall–Kier alpha value is -0.390. The van der Waals surface area contributed by atoms with Gasteiger partial charge in [0.1, 0.15) is 0 Å². The van der Waals surface area contributed by atoms with Crippen molar-refractivity contribution in [2.45, 2.75) is 6.11 Å². The molecule has 0 aliphatic carbocycles. The topological polar surface area (TPSA) is 9.23 Å². The summed E-state index contributed by atoms with van der Waals surface area (Å²) in [6.07, 6.45) is -4.39. The van der Waals surface area contributed by atoms with Crippen molar-refractivity contribution in [1.82, 2.24) is 0 Å². The van der Waals surface area contributed by atoms with Crippen molar-refractivity contribution in [1.29, 1.82) is 0 Å². The Morgan fingerprint density at radius 1 is 1.33 bits per heavy atom. The van der Waals surface area contributed by atoms with Gasteiger partial charge >= 0.3 is 12.7 Å². The van der Waals surface area contributed by atoms with Crippen LogP contribution in [0.15, 0.2) is 0 Å². The van der Waals surface area contributed by atoms with Gasteiger partial charge in [0.05, 0.1) is 0 Å². The van der Waals surface area contributed by atoms with E-state index in [0.717, 1.165) is 0 Å². The van der Waals surface area contributed by atoms with Gasteiger partial charge in [-0.05, 0) is 0 Å². The summed E-state index contributed by atoms with van der Waals surface area (Å²) in [5.41, 5.74) is 0. The molecule has 0 rings (SSSR count). The maximum atomic E-state index is 11.3. The van der Waals surface area contributed by atoms with E-state index in [4.69, 9.17) is 0 Å². The minimum absolute atomic E-state index is 2.26. The molecular weight excluding hydrogens is 147 g/mol. The fourth-order valence-electron chi connectivity index (χ4n) is 0.140. The SMILES string of the molecule is FCC(F)(F)O[C](F)F. The molecule has 0 aliphatic rings. The Labute approximate surface area is 47.4 Å². The van der Waals surface area contributed by atoms with Crippen LogP contribution < -0.4 is 0 Å². The van der Waals surface area contributed by atoms with Crippen molar-refractivity contribution in [3.05, 3.63) is 6.61 Å². The first-order valence-corrected chi connectivity index (χ1v) is 1.78. The molecule has 0 atom stereocenters. The molecule has 0 aromatic rings. The molecule has 0 bridgehead atoms. The van der Waals surface area contributed by atoms with E-state index in [2.05, 4.69) is 4.74 Å². The summed E-state index contributed by atoms with van der Waals surface area (Å²) in [6.45, 7) is -5.21. The summed E-state index contributed by atoms with van der Waals surface area (Å²) in [5, 5.41) is 0. The van der Waals surface area contributed by atoms with Crippen LogP contribution in [0.2, 0.25) is 0 Å². The molecule has 0 unspecified atom stereocenters. The highest BCUT2D eigenvalue weighted by molar-refractivity contribution is 4.52. The van der Waals surface area contributed by atoms with Crippen LogP contribution in [0.1, 0.15) is 0 Å². The van der Waals surface area contributed by atoms with Crippen molar-refractivity contribution in [2.75, 3.05) is 6.67 Å². The second-order valence-corrected chi connectivity index (χ2v) is 1.10. The number of rotatable bonds is 3. The van der Waals surface area contributed by atoms with Crippen LogP contribution in [0.5, 0.6) is 0 Å². The van der Waals surface area contributed by atoms with E-state index in [1.807, 2.05) is 0 Å². The van der Waals surface area contributed by atoms with Gasteiger partial charge in [-0.3, -0.25) is 0 Å². The molecule has 55 valence electrons. The first-order valence-electron chi connectivity index (χ1n) is 1.78. The van der Waals surface area contributed by atoms with E-state index in [1.165, 1.54) is 0 Å². The number of hydrogen-bond donors (Lipinski definition) is 0. The quantitative estimate of drug-likeness (QED) is 0.557. The lowest BCUT2D eigenvalue weighted by atomic mass is 10.7. The van der Waals surface area contributed by atoms with E-state index in [9.17, 15) is 22.0 Å². The predicted molar refractivity (Wildman–Crippen MR) is 17.5 cm³/mol. The molecule has 0 amide bonds. The molecule has 0 aromatic heterocycles. The molecule has 6 heteroatoms. The number of ether oxygens (including phenoxy) is 1. The first-order chi connectivity index (χ1) is 3.98. The summed E-state index contributed by atoms with van der Waals surface area (Å²) < 4.78 is 57.5. The summed E-state index contributed by atoms with van der Waals surface area (Å²) in [5.74, 6) is 0. The summed E-state index contributed by atoms with van der Waals surface area (Å²) in [6, 6.07) is 0. The van der Waals surface area contributed by atoms with Crippen LogP contribution >= 0.6 is 0 Å². The molecular formula is C3H2F5O. The smallest absolute Gasteiger partial charge is 0.246 e. The van der Waals surface area contributed by atoms with Gasteiger partial charge in [0.2, 0.25) is 0 Å². The molecule has 0 saturated carbocycles. The standard InChI is InChI=1S/C3H2F5O/c4-1-3(7,8)9-2(5)6/h1H2. The predicted octanol–water partition coefficient (Wildman–Crippen LogP) is 1.95. The molecule has 1 nitrogen and oxygen atoms in total. The molecule has 0 saturated heterocycles. The van der Waals surface area contributed by atoms with E-state index in [0.29, 0.717) is 0 Å². The zero-order valence-corrected chi connectivity index (χ0v) is 4.01. The number of hydrogen-bond acceptors (Lipinski definition) is 1. The van der Waals surface area contributed by atoms with Crippen LogP contribution in [0.3, 0.4) is 0 Å². The maximum absolute atomic E-state index is 11.3. The second-order valence-electron chi connectivity index (χ2n) is 1.10. The van der Waals surface area contributed by atoms with Crippen molar-refractivity contribution in [2.24, 2.45) is 0 Å². The number of halogens is 5. The Bertz CT molecular complexity index is 82.3. The largest absolute Gasteiger partial charge is 0.453 e. The lowest BCUT2D eigenvalue weighted by Crippen LogP contribution is -2.23. The summed E-state index contributed by atoms with van der Waals surface area (Å²) in [7, 11) is 0. The zero-order chi connectivity index (χ0) is 7.49. The fourth-order valence-corrected chi connectivity index (χ4v) is 0.140. The Morgan fingerprint density at radius 2 is 1.78 bits per heavy atom. The lowest BCUT2D eigenvalue weighted by Gasteiger charge is -2.09. The van der Waals surface area contributed by atoms with Gasteiger partial charge in [-0.25, -0.2) is 9.13 Å². The van der Waals surface area contributed by atoms with Gasteiger partial charge < -0.3 is 0 Å². The van der Waals surface area contributed by atoms with Crippen LogP contribution in [0.4, 0.5) is 22.0 Å². The van der Waals surface area contributed by atoms with Gasteiger partial charge in [-0.2, -0.15) is 17.6 Å². The van der Waals surface area contributed by atoms with Gasteiger partial charge in [-0.1, -0.05) is 0 Å². The Kier molecular flexibility index (Phi) is 2.83. The van der Waals surface area contributed by atoms with Crippen molar-refractivity contribution < 1.29 is 26.7 Å². The normalized spacial score (nSPS) is 12.7. The average Bonchev–Trinajstić information content (AvgIpc) is 1.63. The molecule has 0 fully saturated rings. The first kappa shape index (κ1) is 8.61. The average molecular weight is 149 g/mol. The van der Waals surface area contributed by atoms with Gasteiger partial charge in [0.25, 0.3) is 0 Å². The molecule has 0 spiro atoms. The molecule has 9 heavy (non-hydrogen) atoms. The van der Waals surface area contributed by atoms with Crippen LogP contribution in [-0.2, 0) is 4.74 Å². The van der Waals surface area contributed by atoms with Crippen LogP contribution in [0, 0.1) is 6.61 Å². The highest BCUT2D eigenvalue weighted by Crippen LogP contribution is 2.22. The van der Waals surface area contributed by atoms with Crippen molar-refractivity contribution >= 4 is 0 Å². The third kappa shape index (κ3) is 4.14. The Balaban J connectivity index is 3.58. The van der Waals surface area contributed by atoms with Crippen molar-refractivity contribution in [3.8, 4) is 0 Å². The van der Waals surface area contributed by atoms with Gasteiger partial charge in [0.15, 0.2) is 6.67 Å². The second kappa shape index (κ2) is 2.95. The van der Waals surface area contributed by atoms with E-state index in [-0.39, 0.29) is 0 Å². The molecule has 0 heterocycles. The van der Waals surface area contributed by atoms with E-state index in [1.54, 1.807) is 0 Å². The number of alkyl halides is 3. The van der Waals surface area contributed by atoms with Gasteiger partial charge in [0, 0.05) is 0 Å². The molecule has 0 N–H and O–H groups in total. The third-order valence-electron chi connectivity index (χ3n) is 0.382. The minimum atomic E-state index is -4.39. The molecule has 1 radical (unpaired) electrons. The van der Waals surface area contributed by atoms with Crippen molar-refractivity contribution in [3.63, 3.8) is 0 Å². The molecule has 0 aliphatic heterocycles. The van der Waals surface area contributed by atoms with Crippen LogP contribution in [0.25, 0.3) is 0 Å². The summed E-state index contributed by atoms with van der Waals surface area (Å²) >= 11 is 0. The highest BCUT2D eigenvalue weighted by atomic mass is 19.3. The monoisotopic (exact) mass is 149 g/mol. The summed E-state index contributed by atoms with van der Waals surface area (Å²) in [4.78, 5) is 0. The third-order valence-corrected chi connectivity index (χ3v) is 0.382. The zero-order valence-electron chi connectivity index (χ0n) is 4.01. The van der Waals surface area contributed by atoms with Crippen LogP contribution in [-0.4, -0.2) is 12.8 Å². The Morgan fingerprint density at radius 3 is 1.89 bits per heavy atom. The fraction of sp³-hybridized carbons (Fsp3) is 0.667. The highest BCUT2D eigenvalue weighted by Gasteiger charge is 2.35. The minimum Gasteiger partial charge on any atom is -0.246 e.